The maximum Gasteiger partial charge on any atom is 0.484 e. The lowest BCUT2D eigenvalue weighted by Gasteiger charge is -2.35. The molecule has 0 saturated heterocycles. The van der Waals surface area contributed by atoms with Crippen molar-refractivity contribution in [3.8, 4) is 0 Å². The van der Waals surface area contributed by atoms with Gasteiger partial charge in [0.1, 0.15) is 0 Å². The van der Waals surface area contributed by atoms with Crippen molar-refractivity contribution in [1.29, 1.82) is 0 Å². The second-order valence-corrected chi connectivity index (χ2v) is 43.9. The molecular weight excluding hydrogens is 601 g/mol. The molecule has 0 aliphatic rings. The molecule has 0 heterocycles. The summed E-state index contributed by atoms with van der Waals surface area (Å²) in [6.07, 6.45) is 0. The van der Waals surface area contributed by atoms with Crippen LogP contribution in [-0.4, -0.2) is 96.8 Å². The van der Waals surface area contributed by atoms with Crippen molar-refractivity contribution in [3.05, 3.63) is 0 Å². The van der Waals surface area contributed by atoms with E-state index in [0.717, 1.165) is 6.55 Å². The van der Waals surface area contributed by atoms with Gasteiger partial charge in [-0.2, -0.15) is 0 Å². The average Bonchev–Trinajstić information content (AvgIpc) is 2.19. The summed E-state index contributed by atoms with van der Waals surface area (Å²) in [4.78, 5) is 53.1. The van der Waals surface area contributed by atoms with Gasteiger partial charge in [-0.1, -0.05) is 26.2 Å². The molecule has 0 radical (unpaired) electrons. The predicted molar refractivity (Wildman–Crippen MR) is 169 cm³/mol. The first-order valence-corrected chi connectivity index (χ1v) is 35.9. The smallest absolute Gasteiger partial charge is 0.437 e. The minimum absolute atomic E-state index is 0.611. The van der Waals surface area contributed by atoms with Crippen molar-refractivity contribution in [1.82, 2.24) is 0 Å². The second-order valence-electron chi connectivity index (χ2n) is 13.8. The Morgan fingerprint density at radius 3 is 0.750 bits per heavy atom. The van der Waals surface area contributed by atoms with Gasteiger partial charge >= 0.3 is 43.3 Å². The standard InChI is InChI=1S/C8H24O2Si3.C4H16O6Si3.C4H12Si.C2H8O2Si/c1-11(2,3)9-13(7,8)10-12(4,5)6;1-11(2,5)9-13(4,8)10-12(3,6)7;2*1-5(2,3)4/h1-8H3;5-8H,1-4H3;1-4H3;3-4H,1-2H3. The van der Waals surface area contributed by atoms with E-state index < -0.39 is 68.0 Å². The predicted octanol–water partition coefficient (Wildman–Crippen LogP) is 3.85. The molecule has 0 bridgehead atoms. The molecule has 224 valence electrons. The summed E-state index contributed by atoms with van der Waals surface area (Å²) in [5.41, 5.74) is 0. The maximum atomic E-state index is 9.47. The Hall–Kier alpha value is 1.34. The van der Waals surface area contributed by atoms with Crippen LogP contribution in [0.15, 0.2) is 0 Å². The minimum Gasteiger partial charge on any atom is -0.437 e. The Balaban J connectivity index is -0.000000208. The van der Waals surface area contributed by atoms with Crippen molar-refractivity contribution in [2.24, 2.45) is 0 Å². The third kappa shape index (κ3) is 64.9. The van der Waals surface area contributed by atoms with E-state index in [9.17, 15) is 9.59 Å². The highest BCUT2D eigenvalue weighted by Crippen LogP contribution is 2.19. The highest BCUT2D eigenvalue weighted by Gasteiger charge is 2.44. The van der Waals surface area contributed by atoms with E-state index in [1.165, 1.54) is 32.7 Å². The Labute approximate surface area is 230 Å². The fourth-order valence-corrected chi connectivity index (χ4v) is 21.8. The van der Waals surface area contributed by atoms with Gasteiger partial charge in [0.2, 0.25) is 0 Å². The third-order valence-electron chi connectivity index (χ3n) is 1.93. The van der Waals surface area contributed by atoms with E-state index >= 15 is 0 Å². The van der Waals surface area contributed by atoms with Crippen LogP contribution in [0.25, 0.3) is 0 Å². The summed E-state index contributed by atoms with van der Waals surface area (Å²) in [6, 6.07) is 0. The molecule has 10 nitrogen and oxygen atoms in total. The molecule has 0 aliphatic heterocycles. The minimum atomic E-state index is -3.79. The van der Waals surface area contributed by atoms with Gasteiger partial charge in [0.05, 0.1) is 0 Å². The molecular formula is C18H60O10Si8. The van der Waals surface area contributed by atoms with Gasteiger partial charge in [0, 0.05) is 21.2 Å². The maximum absolute atomic E-state index is 9.47. The van der Waals surface area contributed by atoms with Crippen LogP contribution in [0.4, 0.5) is 0 Å². The molecule has 0 aliphatic carbocycles. The second kappa shape index (κ2) is 15.9. The largest absolute Gasteiger partial charge is 0.484 e. The fraction of sp³-hybridized carbons (Fsp3) is 1.00. The topological polar surface area (TPSA) is 158 Å². The van der Waals surface area contributed by atoms with Crippen molar-refractivity contribution >= 4 is 68.0 Å². The molecule has 18 heteroatoms. The monoisotopic (exact) mass is 660 g/mol. The summed E-state index contributed by atoms with van der Waals surface area (Å²) < 4.78 is 21.7. The van der Waals surface area contributed by atoms with Crippen LogP contribution in [0.1, 0.15) is 0 Å². The molecule has 0 amide bonds. The molecule has 1 unspecified atom stereocenters. The van der Waals surface area contributed by atoms with Crippen LogP contribution in [0.2, 0.25) is 118 Å². The van der Waals surface area contributed by atoms with Crippen molar-refractivity contribution in [2.45, 2.75) is 118 Å². The summed E-state index contributed by atoms with van der Waals surface area (Å²) in [5, 5.41) is 0. The summed E-state index contributed by atoms with van der Waals surface area (Å²) in [6.45, 7) is 35.0. The molecule has 0 spiro atoms. The molecule has 0 saturated carbocycles. The Kier molecular flexibility index (Phi) is 19.7. The van der Waals surface area contributed by atoms with E-state index in [1.54, 1.807) is 0 Å². The first-order chi connectivity index (χ1) is 14.8. The molecule has 0 aromatic carbocycles. The zero-order valence-corrected chi connectivity index (χ0v) is 34.3. The zero-order valence-electron chi connectivity index (χ0n) is 26.3. The number of hydrogen-bond donors (Lipinski definition) is 6. The fourth-order valence-electron chi connectivity index (χ4n) is 2.34. The van der Waals surface area contributed by atoms with Crippen molar-refractivity contribution < 1.29 is 45.2 Å². The molecule has 6 N–H and O–H groups in total. The molecule has 1 atom stereocenters. The third-order valence-corrected chi connectivity index (χ3v) is 17.3. The molecule has 36 heavy (non-hydrogen) atoms. The van der Waals surface area contributed by atoms with Gasteiger partial charge in [-0.05, 0) is 78.6 Å². The summed E-state index contributed by atoms with van der Waals surface area (Å²) in [5.74, 6) is 0. The molecule has 0 aromatic heterocycles. The quantitative estimate of drug-likeness (QED) is 0.211. The van der Waals surface area contributed by atoms with Crippen LogP contribution in [0.3, 0.4) is 0 Å². The zero-order chi connectivity index (χ0) is 30.8. The molecule has 0 rings (SSSR count). The lowest BCUT2D eigenvalue weighted by Crippen LogP contribution is -2.55. The van der Waals surface area contributed by atoms with Crippen LogP contribution >= 0.6 is 0 Å². The van der Waals surface area contributed by atoms with Crippen molar-refractivity contribution in [3.63, 3.8) is 0 Å². The summed E-state index contributed by atoms with van der Waals surface area (Å²) in [7, 11) is -18.2. The Morgan fingerprint density at radius 2 is 0.611 bits per heavy atom. The van der Waals surface area contributed by atoms with Gasteiger partial charge in [-0.3, -0.25) is 0 Å². The normalized spacial score (nSPS) is 15.3. The Morgan fingerprint density at radius 1 is 0.389 bits per heavy atom. The first-order valence-electron chi connectivity index (χ1n) is 12.0. The van der Waals surface area contributed by atoms with Crippen LogP contribution in [0.5, 0.6) is 0 Å². The highest BCUT2D eigenvalue weighted by atomic mass is 28.5. The average molecular weight is 661 g/mol. The van der Waals surface area contributed by atoms with Gasteiger partial charge in [-0.15, -0.1) is 0 Å². The van der Waals surface area contributed by atoms with Crippen LogP contribution < -0.4 is 0 Å². The van der Waals surface area contributed by atoms with Gasteiger partial charge < -0.3 is 45.2 Å². The van der Waals surface area contributed by atoms with Crippen molar-refractivity contribution in [2.75, 3.05) is 0 Å². The van der Waals surface area contributed by atoms with Crippen LogP contribution in [0, 0.1) is 0 Å². The van der Waals surface area contributed by atoms with E-state index in [-0.39, 0.29) is 0 Å². The first kappa shape index (κ1) is 44.4. The van der Waals surface area contributed by atoms with E-state index in [0.29, 0.717) is 0 Å². The van der Waals surface area contributed by atoms with Gasteiger partial charge in [0.15, 0.2) is 16.6 Å². The van der Waals surface area contributed by atoms with Crippen LogP contribution in [-0.2, 0) is 16.5 Å². The van der Waals surface area contributed by atoms with Gasteiger partial charge in [0.25, 0.3) is 0 Å². The van der Waals surface area contributed by atoms with E-state index in [1.807, 2.05) is 0 Å². The lowest BCUT2D eigenvalue weighted by molar-refractivity contribution is 0.161. The number of rotatable bonds is 8. The van der Waals surface area contributed by atoms with Gasteiger partial charge in [-0.25, -0.2) is 0 Å². The van der Waals surface area contributed by atoms with E-state index in [4.69, 9.17) is 31.5 Å². The highest BCUT2D eigenvalue weighted by molar-refractivity contribution is 6.87. The number of hydrogen-bond acceptors (Lipinski definition) is 10. The molecule has 0 fully saturated rings. The molecule has 0 aromatic rings. The Bertz CT molecular complexity index is 482. The SMILES string of the molecule is C[Si](C)(C)C.C[Si](C)(C)O[Si](C)(C)O[Si](C)(C)C.C[Si](C)(O)O.C[Si](C)(O)O[Si](C)(O)O[Si](C)(O)O. The van der Waals surface area contributed by atoms with E-state index in [2.05, 4.69) is 82.7 Å². The summed E-state index contributed by atoms with van der Waals surface area (Å²) >= 11 is 0. The lowest BCUT2D eigenvalue weighted by atomic mass is 11.8.